The van der Waals surface area contributed by atoms with Crippen LogP contribution < -0.4 is 20.9 Å². The number of likely N-dealkylation sites (tertiary alicyclic amines) is 1. The predicted molar refractivity (Wildman–Crippen MR) is 154 cm³/mol. The lowest BCUT2D eigenvalue weighted by Gasteiger charge is -2.32. The van der Waals surface area contributed by atoms with Gasteiger partial charge in [0.1, 0.15) is 22.5 Å². The molecule has 216 valence electrons. The minimum atomic E-state index is -2.63. The Kier molecular flexibility index (Phi) is 7.52. The molecule has 2 aliphatic heterocycles. The van der Waals surface area contributed by atoms with Crippen LogP contribution in [0.15, 0.2) is 52.6 Å². The van der Waals surface area contributed by atoms with E-state index in [-0.39, 0.29) is 18.5 Å². The van der Waals surface area contributed by atoms with Crippen molar-refractivity contribution in [2.45, 2.75) is 50.5 Å². The van der Waals surface area contributed by atoms with Crippen molar-refractivity contribution in [3.05, 3.63) is 63.8 Å². The molecule has 0 aromatic carbocycles. The van der Waals surface area contributed by atoms with Crippen LogP contribution in [0.1, 0.15) is 43.6 Å². The number of hydrogen-bond donors (Lipinski definition) is 2. The van der Waals surface area contributed by atoms with E-state index >= 15 is 0 Å². The Labute approximate surface area is 240 Å². The number of aromatic nitrogens is 4. The summed E-state index contributed by atoms with van der Waals surface area (Å²) >= 11 is 6.68. The van der Waals surface area contributed by atoms with Gasteiger partial charge in [-0.25, -0.2) is 13.8 Å². The van der Waals surface area contributed by atoms with Gasteiger partial charge in [0.2, 0.25) is 5.95 Å². The fourth-order valence-electron chi connectivity index (χ4n) is 5.21. The van der Waals surface area contributed by atoms with Gasteiger partial charge in [-0.3, -0.25) is 14.7 Å². The van der Waals surface area contributed by atoms with Gasteiger partial charge < -0.3 is 24.5 Å². The number of pyridine rings is 2. The summed E-state index contributed by atoms with van der Waals surface area (Å²) in [6.45, 7) is 1.41. The lowest BCUT2D eigenvalue weighted by molar-refractivity contribution is -0.0641. The average Bonchev–Trinajstić information content (AvgIpc) is 3.75. The second-order valence-corrected chi connectivity index (χ2v) is 11.1. The molecule has 1 saturated heterocycles. The van der Waals surface area contributed by atoms with Crippen molar-refractivity contribution in [2.24, 2.45) is 12.0 Å². The number of piperidine rings is 1. The number of allylic oxidation sites excluding steroid dienone is 1. The normalized spacial score (nSPS) is 19.6. The van der Waals surface area contributed by atoms with Gasteiger partial charge in [0.15, 0.2) is 11.4 Å². The summed E-state index contributed by atoms with van der Waals surface area (Å²) in [5.74, 6) is -1.48. The lowest BCUT2D eigenvalue weighted by Crippen LogP contribution is -2.43. The number of alkyl halides is 2. The first kappa shape index (κ1) is 27.4. The van der Waals surface area contributed by atoms with E-state index in [1.165, 1.54) is 12.5 Å². The second-order valence-electron chi connectivity index (χ2n) is 10.7. The summed E-state index contributed by atoms with van der Waals surface area (Å²) in [7, 11) is 1.78. The van der Waals surface area contributed by atoms with Crippen LogP contribution in [0.25, 0.3) is 11.2 Å². The Balaban J connectivity index is 1.22. The molecule has 6 rings (SSSR count). The van der Waals surface area contributed by atoms with E-state index < -0.39 is 5.92 Å². The molecule has 1 aliphatic carbocycles. The van der Waals surface area contributed by atoms with E-state index in [4.69, 9.17) is 16.3 Å². The van der Waals surface area contributed by atoms with Gasteiger partial charge in [-0.15, -0.1) is 0 Å². The molecule has 41 heavy (non-hydrogen) atoms. The molecule has 10 nitrogen and oxygen atoms in total. The summed E-state index contributed by atoms with van der Waals surface area (Å²) in [5.41, 5.74) is 2.87. The van der Waals surface area contributed by atoms with Crippen molar-refractivity contribution in [3.8, 4) is 5.75 Å². The molecule has 3 aromatic rings. The monoisotopic (exact) mass is 584 g/mol. The maximum Gasteiger partial charge on any atom is 0.274 e. The van der Waals surface area contributed by atoms with Crippen molar-refractivity contribution in [1.82, 2.24) is 29.3 Å². The number of ether oxygens (including phenoxy) is 1. The van der Waals surface area contributed by atoms with Crippen LogP contribution in [0.2, 0.25) is 5.02 Å². The predicted octanol–water partition coefficient (Wildman–Crippen LogP) is 4.89. The zero-order valence-corrected chi connectivity index (χ0v) is 23.4. The van der Waals surface area contributed by atoms with Crippen LogP contribution in [0.5, 0.6) is 5.75 Å². The number of halogens is 3. The average molecular weight is 585 g/mol. The summed E-state index contributed by atoms with van der Waals surface area (Å²) in [5, 5.41) is 6.52. The molecule has 0 spiro atoms. The Morgan fingerprint density at radius 1 is 1.32 bits per heavy atom. The number of anilines is 2. The van der Waals surface area contributed by atoms with Gasteiger partial charge >= 0.3 is 0 Å². The van der Waals surface area contributed by atoms with Crippen LogP contribution in [-0.4, -0.2) is 55.8 Å². The zero-order chi connectivity index (χ0) is 28.6. The number of aryl methyl sites for hydroxylation is 2. The highest BCUT2D eigenvalue weighted by Gasteiger charge is 2.34. The lowest BCUT2D eigenvalue weighted by atomic mass is 10.1. The SMILES string of the molecule is Cn1c(Nc2cc(C3CC3)cn(CCCN3CCCC(F)(F)C3)c2=O)nc2ncc(O/C=C3\C=NC=CN3)c(Cl)c21. The van der Waals surface area contributed by atoms with Crippen molar-refractivity contribution in [3.63, 3.8) is 0 Å². The van der Waals surface area contributed by atoms with E-state index in [1.807, 2.05) is 12.3 Å². The molecule has 0 radical (unpaired) electrons. The molecule has 3 aromatic heterocycles. The molecule has 3 aliphatic rings. The van der Waals surface area contributed by atoms with Crippen LogP contribution >= 0.6 is 11.6 Å². The zero-order valence-electron chi connectivity index (χ0n) is 22.6. The highest BCUT2D eigenvalue weighted by atomic mass is 35.5. The summed E-state index contributed by atoms with van der Waals surface area (Å²) in [6.07, 6.45) is 13.0. The van der Waals surface area contributed by atoms with Crippen molar-refractivity contribution in [2.75, 3.05) is 25.0 Å². The smallest absolute Gasteiger partial charge is 0.274 e. The fraction of sp³-hybridized carbons (Fsp3) is 0.429. The van der Waals surface area contributed by atoms with E-state index in [0.29, 0.717) is 77.7 Å². The molecular formula is C28H31ClF2N8O2. The minimum absolute atomic E-state index is 0.0543. The maximum absolute atomic E-state index is 13.8. The van der Waals surface area contributed by atoms with E-state index in [2.05, 4.69) is 25.6 Å². The summed E-state index contributed by atoms with van der Waals surface area (Å²) in [6, 6.07) is 1.88. The number of imidazole rings is 1. The third-order valence-corrected chi connectivity index (χ3v) is 7.85. The van der Waals surface area contributed by atoms with E-state index in [0.717, 1.165) is 18.4 Å². The van der Waals surface area contributed by atoms with Crippen LogP contribution in [0, 0.1) is 0 Å². The fourth-order valence-corrected chi connectivity index (χ4v) is 5.52. The number of rotatable bonds is 9. The number of nitrogens with zero attached hydrogens (tertiary/aromatic N) is 6. The van der Waals surface area contributed by atoms with E-state index in [1.54, 1.807) is 39.7 Å². The van der Waals surface area contributed by atoms with Gasteiger partial charge in [-0.1, -0.05) is 11.6 Å². The highest BCUT2D eigenvalue weighted by molar-refractivity contribution is 6.36. The topological polar surface area (TPSA) is 102 Å². The molecule has 13 heteroatoms. The molecule has 5 heterocycles. The molecule has 0 bridgehead atoms. The molecule has 0 amide bonds. The molecule has 2 fully saturated rings. The van der Waals surface area contributed by atoms with E-state index in [9.17, 15) is 13.6 Å². The number of fused-ring (bicyclic) bond motifs is 1. The number of nitrogens with one attached hydrogen (secondary N) is 2. The number of aliphatic imine (C=N–C) groups is 1. The first-order valence-corrected chi connectivity index (χ1v) is 14.1. The van der Waals surface area contributed by atoms with Gasteiger partial charge in [0, 0.05) is 45.2 Å². The molecule has 1 saturated carbocycles. The van der Waals surface area contributed by atoms with Crippen molar-refractivity contribution in [1.29, 1.82) is 0 Å². The Bertz CT molecular complexity index is 1610. The maximum atomic E-state index is 13.8. The van der Waals surface area contributed by atoms with Crippen LogP contribution in [-0.2, 0) is 13.6 Å². The first-order valence-electron chi connectivity index (χ1n) is 13.7. The first-order chi connectivity index (χ1) is 19.8. The Morgan fingerprint density at radius 3 is 2.93 bits per heavy atom. The largest absolute Gasteiger partial charge is 0.459 e. The summed E-state index contributed by atoms with van der Waals surface area (Å²) < 4.78 is 36.8. The third kappa shape index (κ3) is 6.13. The van der Waals surface area contributed by atoms with Crippen molar-refractivity contribution >= 4 is 40.6 Å². The third-order valence-electron chi connectivity index (χ3n) is 7.49. The Hall–Kier alpha value is -3.77. The summed E-state index contributed by atoms with van der Waals surface area (Å²) in [4.78, 5) is 28.3. The molecular weight excluding hydrogens is 554 g/mol. The molecule has 0 unspecified atom stereocenters. The number of hydrogen-bond acceptors (Lipinski definition) is 8. The highest BCUT2D eigenvalue weighted by Crippen LogP contribution is 2.40. The van der Waals surface area contributed by atoms with Crippen LogP contribution in [0.4, 0.5) is 20.4 Å². The van der Waals surface area contributed by atoms with Crippen LogP contribution in [0.3, 0.4) is 0 Å². The Morgan fingerprint density at radius 2 is 2.17 bits per heavy atom. The van der Waals surface area contributed by atoms with Gasteiger partial charge in [0.05, 0.1) is 24.7 Å². The minimum Gasteiger partial charge on any atom is -0.459 e. The molecule has 2 N–H and O–H groups in total. The second kappa shape index (κ2) is 11.2. The standard InChI is InChI=1S/C28H31ClF2N8O2/c1-37-24-23(29)22(41-16-20-13-32-7-8-33-20)14-34-25(24)36-27(37)35-21-12-19(18-4-5-18)15-39(26(21)40)11-3-10-38-9-2-6-28(30,31)17-38/h7-8,12-16,18,33H,2-6,9-11,17H2,1H3,(H,34,35,36)/b20-16+. The van der Waals surface area contributed by atoms with Gasteiger partial charge in [-0.05, 0) is 49.8 Å². The quantitative estimate of drug-likeness (QED) is 0.345. The van der Waals surface area contributed by atoms with Gasteiger partial charge in [-0.2, -0.15) is 4.98 Å². The molecule has 0 atom stereocenters. The van der Waals surface area contributed by atoms with Gasteiger partial charge in [0.25, 0.3) is 11.5 Å². The van der Waals surface area contributed by atoms with Crippen molar-refractivity contribution < 1.29 is 13.5 Å².